The fourth-order valence-corrected chi connectivity index (χ4v) is 3.66. The summed E-state index contributed by atoms with van der Waals surface area (Å²) in [5, 5.41) is 0. The van der Waals surface area contributed by atoms with E-state index in [1.54, 1.807) is 0 Å². The van der Waals surface area contributed by atoms with Gasteiger partial charge in [-0.2, -0.15) is 0 Å². The number of hydrogen-bond acceptors (Lipinski definition) is 1. The maximum atomic E-state index is 11.8. The SMILES string of the molecule is NC(=O)[C@@]12CCCC[C@@H]1c1ccccc1C2. The minimum absolute atomic E-state index is 0.0894. The summed E-state index contributed by atoms with van der Waals surface area (Å²) in [6.07, 6.45) is 5.34. The molecule has 0 radical (unpaired) electrons. The molecule has 1 aromatic carbocycles. The molecule has 1 amide bonds. The molecular formula is C14H17NO. The summed E-state index contributed by atoms with van der Waals surface area (Å²) >= 11 is 0. The molecule has 84 valence electrons. The third kappa shape index (κ3) is 1.16. The number of benzene rings is 1. The van der Waals surface area contributed by atoms with E-state index in [9.17, 15) is 4.79 Å². The van der Waals surface area contributed by atoms with Crippen LogP contribution in [-0.4, -0.2) is 5.91 Å². The van der Waals surface area contributed by atoms with E-state index in [0.29, 0.717) is 5.92 Å². The maximum absolute atomic E-state index is 11.8. The zero-order chi connectivity index (χ0) is 11.2. The fourth-order valence-electron chi connectivity index (χ4n) is 3.66. The molecule has 2 nitrogen and oxygen atoms in total. The molecule has 2 aliphatic carbocycles. The number of primary amides is 1. The van der Waals surface area contributed by atoms with Crippen LogP contribution in [0.15, 0.2) is 24.3 Å². The lowest BCUT2D eigenvalue weighted by molar-refractivity contribution is -0.130. The highest BCUT2D eigenvalue weighted by Gasteiger charge is 2.50. The Morgan fingerprint density at radius 2 is 2.12 bits per heavy atom. The molecule has 2 N–H and O–H groups in total. The predicted octanol–water partition coefficient (Wildman–Crippen LogP) is 2.37. The quantitative estimate of drug-likeness (QED) is 0.768. The highest BCUT2D eigenvalue weighted by molar-refractivity contribution is 5.84. The molecule has 0 unspecified atom stereocenters. The maximum Gasteiger partial charge on any atom is 0.224 e. The van der Waals surface area contributed by atoms with Crippen LogP contribution in [0.1, 0.15) is 42.7 Å². The van der Waals surface area contributed by atoms with Crippen LogP contribution >= 0.6 is 0 Å². The average molecular weight is 215 g/mol. The van der Waals surface area contributed by atoms with Crippen LogP contribution in [0, 0.1) is 5.41 Å². The molecule has 0 aromatic heterocycles. The Morgan fingerprint density at radius 3 is 2.94 bits per heavy atom. The van der Waals surface area contributed by atoms with Gasteiger partial charge in [0.1, 0.15) is 0 Å². The van der Waals surface area contributed by atoms with Crippen molar-refractivity contribution in [1.82, 2.24) is 0 Å². The predicted molar refractivity (Wildman–Crippen MR) is 63.0 cm³/mol. The summed E-state index contributed by atoms with van der Waals surface area (Å²) in [5.41, 5.74) is 8.14. The number of carbonyl (C=O) groups is 1. The van der Waals surface area contributed by atoms with Gasteiger partial charge in [-0.25, -0.2) is 0 Å². The molecule has 0 bridgehead atoms. The Kier molecular flexibility index (Phi) is 2.06. The van der Waals surface area contributed by atoms with Gasteiger partial charge < -0.3 is 5.73 Å². The van der Waals surface area contributed by atoms with E-state index in [4.69, 9.17) is 5.73 Å². The standard InChI is InChI=1S/C14H17NO/c15-13(16)14-8-4-3-7-12(14)11-6-2-1-5-10(11)9-14/h1-2,5-6,12H,3-4,7-9H2,(H2,15,16)/t12-,14-/m1/s1. The lowest BCUT2D eigenvalue weighted by Gasteiger charge is -2.36. The molecule has 0 spiro atoms. The first-order valence-corrected chi connectivity index (χ1v) is 6.12. The normalized spacial score (nSPS) is 31.9. The van der Waals surface area contributed by atoms with E-state index in [-0.39, 0.29) is 11.3 Å². The van der Waals surface area contributed by atoms with Crippen molar-refractivity contribution in [2.24, 2.45) is 11.1 Å². The summed E-state index contributed by atoms with van der Waals surface area (Å²) in [7, 11) is 0. The molecule has 0 heterocycles. The van der Waals surface area contributed by atoms with Crippen molar-refractivity contribution >= 4 is 5.91 Å². The van der Waals surface area contributed by atoms with E-state index >= 15 is 0 Å². The molecule has 2 atom stereocenters. The van der Waals surface area contributed by atoms with Crippen molar-refractivity contribution in [2.75, 3.05) is 0 Å². The molecule has 1 saturated carbocycles. The van der Waals surface area contributed by atoms with Gasteiger partial charge in [0.05, 0.1) is 5.41 Å². The largest absolute Gasteiger partial charge is 0.369 e. The molecule has 2 heteroatoms. The minimum Gasteiger partial charge on any atom is -0.369 e. The Hall–Kier alpha value is -1.31. The summed E-state index contributed by atoms with van der Waals surface area (Å²) in [5.74, 6) is 0.295. The van der Waals surface area contributed by atoms with Crippen LogP contribution in [0.3, 0.4) is 0 Å². The van der Waals surface area contributed by atoms with E-state index in [1.165, 1.54) is 17.5 Å². The number of carbonyl (C=O) groups excluding carboxylic acids is 1. The second-order valence-corrected chi connectivity index (χ2v) is 5.19. The second-order valence-electron chi connectivity index (χ2n) is 5.19. The molecule has 1 fully saturated rings. The smallest absolute Gasteiger partial charge is 0.224 e. The van der Waals surface area contributed by atoms with Crippen molar-refractivity contribution in [1.29, 1.82) is 0 Å². The fraction of sp³-hybridized carbons (Fsp3) is 0.500. The van der Waals surface area contributed by atoms with Gasteiger partial charge in [-0.05, 0) is 36.3 Å². The molecular weight excluding hydrogens is 198 g/mol. The lowest BCUT2D eigenvalue weighted by atomic mass is 9.66. The first kappa shape index (κ1) is 9.88. The Bertz CT molecular complexity index is 440. The number of hydrogen-bond donors (Lipinski definition) is 1. The van der Waals surface area contributed by atoms with Crippen molar-refractivity contribution in [2.45, 2.75) is 38.0 Å². The third-order valence-corrected chi connectivity index (χ3v) is 4.46. The zero-order valence-corrected chi connectivity index (χ0v) is 9.41. The van der Waals surface area contributed by atoms with Gasteiger partial charge in [-0.3, -0.25) is 4.79 Å². The summed E-state index contributed by atoms with van der Waals surface area (Å²) in [6, 6.07) is 8.46. The lowest BCUT2D eigenvalue weighted by Crippen LogP contribution is -2.42. The van der Waals surface area contributed by atoms with Gasteiger partial charge in [0.25, 0.3) is 0 Å². The van der Waals surface area contributed by atoms with Gasteiger partial charge in [-0.1, -0.05) is 37.1 Å². The van der Waals surface area contributed by atoms with Crippen molar-refractivity contribution in [3.8, 4) is 0 Å². The van der Waals surface area contributed by atoms with Crippen LogP contribution < -0.4 is 5.73 Å². The van der Waals surface area contributed by atoms with Gasteiger partial charge in [0.15, 0.2) is 0 Å². The van der Waals surface area contributed by atoms with E-state index < -0.39 is 0 Å². The molecule has 0 aliphatic heterocycles. The molecule has 2 aliphatic rings. The van der Waals surface area contributed by atoms with E-state index in [2.05, 4.69) is 24.3 Å². The third-order valence-electron chi connectivity index (χ3n) is 4.46. The average Bonchev–Trinajstić information content (AvgIpc) is 2.64. The van der Waals surface area contributed by atoms with Crippen LogP contribution in [0.25, 0.3) is 0 Å². The van der Waals surface area contributed by atoms with E-state index in [1.807, 2.05) is 0 Å². The van der Waals surface area contributed by atoms with Gasteiger partial charge in [0.2, 0.25) is 5.91 Å². The van der Waals surface area contributed by atoms with Crippen LogP contribution in [0.4, 0.5) is 0 Å². The molecule has 0 saturated heterocycles. The first-order valence-electron chi connectivity index (χ1n) is 6.12. The second kappa shape index (κ2) is 3.34. The highest BCUT2D eigenvalue weighted by atomic mass is 16.1. The van der Waals surface area contributed by atoms with Crippen LogP contribution in [-0.2, 0) is 11.2 Å². The zero-order valence-electron chi connectivity index (χ0n) is 9.41. The van der Waals surface area contributed by atoms with Crippen molar-refractivity contribution < 1.29 is 4.79 Å². The summed E-state index contributed by atoms with van der Waals surface area (Å²) < 4.78 is 0. The van der Waals surface area contributed by atoms with Crippen molar-refractivity contribution in [3.05, 3.63) is 35.4 Å². The summed E-state index contributed by atoms with van der Waals surface area (Å²) in [6.45, 7) is 0. The number of rotatable bonds is 1. The molecule has 16 heavy (non-hydrogen) atoms. The van der Waals surface area contributed by atoms with Crippen LogP contribution in [0.2, 0.25) is 0 Å². The van der Waals surface area contributed by atoms with Crippen molar-refractivity contribution in [3.63, 3.8) is 0 Å². The number of nitrogens with two attached hydrogens (primary N) is 1. The Labute approximate surface area is 95.8 Å². The van der Waals surface area contributed by atoms with E-state index in [0.717, 1.165) is 25.7 Å². The highest BCUT2D eigenvalue weighted by Crippen LogP contribution is 2.55. The summed E-state index contributed by atoms with van der Waals surface area (Å²) in [4.78, 5) is 11.8. The van der Waals surface area contributed by atoms with Crippen LogP contribution in [0.5, 0.6) is 0 Å². The topological polar surface area (TPSA) is 43.1 Å². The first-order chi connectivity index (χ1) is 7.74. The Balaban J connectivity index is 2.11. The Morgan fingerprint density at radius 1 is 1.31 bits per heavy atom. The number of amides is 1. The molecule has 1 aromatic rings. The minimum atomic E-state index is -0.262. The number of fused-ring (bicyclic) bond motifs is 3. The van der Waals surface area contributed by atoms with Gasteiger partial charge in [0, 0.05) is 0 Å². The van der Waals surface area contributed by atoms with Gasteiger partial charge >= 0.3 is 0 Å². The van der Waals surface area contributed by atoms with Gasteiger partial charge in [-0.15, -0.1) is 0 Å². The molecule has 3 rings (SSSR count). The monoisotopic (exact) mass is 215 g/mol.